The third-order valence-corrected chi connectivity index (χ3v) is 4.91. The lowest BCUT2D eigenvalue weighted by atomic mass is 10.4. The predicted molar refractivity (Wildman–Crippen MR) is 86.0 cm³/mol. The molecule has 0 aromatic carbocycles. The van der Waals surface area contributed by atoms with Gasteiger partial charge in [-0.15, -0.1) is 23.7 Å². The number of nitrogens with zero attached hydrogens (tertiary/aromatic N) is 3. The highest BCUT2D eigenvalue weighted by atomic mass is 35.5. The fraction of sp³-hybridized carbons (Fsp3) is 0.417. The Morgan fingerprint density at radius 1 is 1.35 bits per heavy atom. The summed E-state index contributed by atoms with van der Waals surface area (Å²) in [6, 6.07) is 3.30. The largest absolute Gasteiger partial charge is 0.324 e. The third-order valence-electron chi connectivity index (χ3n) is 2.81. The minimum absolute atomic E-state index is 0. The van der Waals surface area contributed by atoms with Crippen molar-refractivity contribution < 1.29 is 4.92 Å². The molecule has 20 heavy (non-hydrogen) atoms. The molecule has 0 unspecified atom stereocenters. The number of halogens is 1. The molecule has 0 fully saturated rings. The Labute approximate surface area is 131 Å². The molecule has 0 radical (unpaired) electrons. The van der Waals surface area contributed by atoms with Gasteiger partial charge in [0.2, 0.25) is 0 Å². The van der Waals surface area contributed by atoms with Crippen LogP contribution in [0.2, 0.25) is 0 Å². The fourth-order valence-corrected chi connectivity index (χ4v) is 3.41. The number of hydrogen-bond acceptors (Lipinski definition) is 6. The second-order valence-corrected chi connectivity index (χ2v) is 5.92. The lowest BCUT2D eigenvalue weighted by Crippen LogP contribution is -2.22. The molecule has 0 atom stereocenters. The number of hydrogen-bond donors (Lipinski definition) is 0. The van der Waals surface area contributed by atoms with Crippen LogP contribution in [-0.2, 0) is 6.54 Å². The van der Waals surface area contributed by atoms with Crippen molar-refractivity contribution in [2.24, 2.45) is 0 Å². The molecule has 8 heteroatoms. The lowest BCUT2D eigenvalue weighted by Gasteiger charge is -2.15. The number of thiophene rings is 1. The van der Waals surface area contributed by atoms with Gasteiger partial charge in [-0.05, 0) is 19.2 Å². The molecule has 2 rings (SSSR count). The molecule has 2 heterocycles. The van der Waals surface area contributed by atoms with Crippen LogP contribution < -0.4 is 0 Å². The first-order valence-corrected chi connectivity index (χ1v) is 7.75. The summed E-state index contributed by atoms with van der Waals surface area (Å²) >= 11 is 2.71. The standard InChI is InChI=1S/C12H15N3O2S2.ClH/c1-3-14(4-2)7-9-8-18-12(13-9)10-5-6-11(19-10)15(16)17;/h5-6,8H,3-4,7H2,1-2H3;1H. The van der Waals surface area contributed by atoms with E-state index < -0.39 is 0 Å². The van der Waals surface area contributed by atoms with Gasteiger partial charge in [-0.2, -0.15) is 0 Å². The van der Waals surface area contributed by atoms with Crippen LogP contribution in [0.4, 0.5) is 5.00 Å². The Morgan fingerprint density at radius 3 is 2.60 bits per heavy atom. The maximum absolute atomic E-state index is 10.7. The van der Waals surface area contributed by atoms with Gasteiger partial charge >= 0.3 is 5.00 Å². The third kappa shape index (κ3) is 3.99. The van der Waals surface area contributed by atoms with E-state index in [1.807, 2.05) is 5.38 Å². The highest BCUT2D eigenvalue weighted by Crippen LogP contribution is 2.34. The zero-order valence-corrected chi connectivity index (χ0v) is 13.7. The molecule has 0 saturated carbocycles. The van der Waals surface area contributed by atoms with Gasteiger partial charge in [-0.1, -0.05) is 25.2 Å². The van der Waals surface area contributed by atoms with E-state index in [0.717, 1.165) is 35.2 Å². The Morgan fingerprint density at radius 2 is 2.05 bits per heavy atom. The number of rotatable bonds is 6. The molecular weight excluding hydrogens is 318 g/mol. The van der Waals surface area contributed by atoms with Crippen molar-refractivity contribution in [2.45, 2.75) is 20.4 Å². The smallest absolute Gasteiger partial charge is 0.298 e. The van der Waals surface area contributed by atoms with Crippen LogP contribution in [0.1, 0.15) is 19.5 Å². The SMILES string of the molecule is CCN(CC)Cc1csc(-c2ccc([N+](=O)[O-])s2)n1.Cl. The number of nitro groups is 1. The van der Waals surface area contributed by atoms with E-state index >= 15 is 0 Å². The monoisotopic (exact) mass is 333 g/mol. The number of aromatic nitrogens is 1. The van der Waals surface area contributed by atoms with Gasteiger partial charge in [0.1, 0.15) is 5.01 Å². The molecule has 0 aliphatic carbocycles. The first-order chi connectivity index (χ1) is 9.13. The summed E-state index contributed by atoms with van der Waals surface area (Å²) in [6.45, 7) is 7.07. The van der Waals surface area contributed by atoms with Crippen LogP contribution in [0, 0.1) is 10.1 Å². The molecular formula is C12H16ClN3O2S2. The van der Waals surface area contributed by atoms with Crippen LogP contribution in [-0.4, -0.2) is 27.9 Å². The average Bonchev–Trinajstić information content (AvgIpc) is 3.04. The van der Waals surface area contributed by atoms with Crippen LogP contribution in [0.5, 0.6) is 0 Å². The van der Waals surface area contributed by atoms with Gasteiger partial charge in [0.15, 0.2) is 0 Å². The molecule has 2 aromatic rings. The van der Waals surface area contributed by atoms with E-state index in [-0.39, 0.29) is 22.3 Å². The quantitative estimate of drug-likeness (QED) is 0.591. The second kappa shape index (κ2) is 7.68. The first kappa shape index (κ1) is 17.0. The summed E-state index contributed by atoms with van der Waals surface area (Å²) in [5, 5.41) is 13.7. The average molecular weight is 334 g/mol. The minimum atomic E-state index is -0.363. The van der Waals surface area contributed by atoms with Gasteiger partial charge in [-0.25, -0.2) is 4.98 Å². The fourth-order valence-electron chi connectivity index (χ4n) is 1.71. The van der Waals surface area contributed by atoms with Gasteiger partial charge in [0.05, 0.1) is 15.5 Å². The van der Waals surface area contributed by atoms with E-state index in [2.05, 4.69) is 23.7 Å². The Kier molecular flexibility index (Phi) is 6.54. The molecule has 0 N–H and O–H groups in total. The molecule has 2 aromatic heterocycles. The summed E-state index contributed by atoms with van der Waals surface area (Å²) < 4.78 is 0. The molecule has 0 bridgehead atoms. The van der Waals surface area contributed by atoms with Gasteiger partial charge in [0, 0.05) is 18.0 Å². The van der Waals surface area contributed by atoms with E-state index in [0.29, 0.717) is 0 Å². The zero-order valence-electron chi connectivity index (χ0n) is 11.2. The van der Waals surface area contributed by atoms with E-state index in [4.69, 9.17) is 0 Å². The zero-order chi connectivity index (χ0) is 13.8. The predicted octanol–water partition coefficient (Wildman–Crippen LogP) is 4.04. The van der Waals surface area contributed by atoms with Crippen LogP contribution >= 0.6 is 35.1 Å². The van der Waals surface area contributed by atoms with E-state index in [9.17, 15) is 10.1 Å². The van der Waals surface area contributed by atoms with Crippen LogP contribution in [0.25, 0.3) is 9.88 Å². The Bertz CT molecular complexity index is 567. The normalized spacial score (nSPS) is 10.6. The van der Waals surface area contributed by atoms with Gasteiger partial charge in [-0.3, -0.25) is 15.0 Å². The highest BCUT2D eigenvalue weighted by Gasteiger charge is 2.14. The van der Waals surface area contributed by atoms with Crippen molar-refractivity contribution in [2.75, 3.05) is 13.1 Å². The van der Waals surface area contributed by atoms with Crippen molar-refractivity contribution in [3.8, 4) is 9.88 Å². The second-order valence-electron chi connectivity index (χ2n) is 4.00. The summed E-state index contributed by atoms with van der Waals surface area (Å²) in [5.41, 5.74) is 1.03. The van der Waals surface area contributed by atoms with Crippen LogP contribution in [0.3, 0.4) is 0 Å². The van der Waals surface area contributed by atoms with Crippen molar-refractivity contribution >= 4 is 40.1 Å². The molecule has 0 aliphatic rings. The first-order valence-electron chi connectivity index (χ1n) is 6.05. The summed E-state index contributed by atoms with van der Waals surface area (Å²) in [4.78, 5) is 18.0. The molecule has 110 valence electrons. The summed E-state index contributed by atoms with van der Waals surface area (Å²) in [5.74, 6) is 0. The maximum atomic E-state index is 10.7. The molecule has 5 nitrogen and oxygen atoms in total. The van der Waals surface area contributed by atoms with Crippen molar-refractivity contribution in [3.05, 3.63) is 33.3 Å². The van der Waals surface area contributed by atoms with Gasteiger partial charge < -0.3 is 0 Å². The van der Waals surface area contributed by atoms with E-state index in [1.54, 1.807) is 17.4 Å². The summed E-state index contributed by atoms with van der Waals surface area (Å²) in [7, 11) is 0. The molecule has 0 aliphatic heterocycles. The van der Waals surface area contributed by atoms with Crippen molar-refractivity contribution in [1.82, 2.24) is 9.88 Å². The minimum Gasteiger partial charge on any atom is -0.298 e. The molecule has 0 saturated heterocycles. The summed E-state index contributed by atoms with van der Waals surface area (Å²) in [6.07, 6.45) is 0. The molecule has 0 spiro atoms. The van der Waals surface area contributed by atoms with E-state index in [1.165, 1.54) is 17.4 Å². The Hall–Kier alpha value is -1.02. The topological polar surface area (TPSA) is 59.3 Å². The number of thiazole rings is 1. The van der Waals surface area contributed by atoms with Crippen LogP contribution in [0.15, 0.2) is 17.5 Å². The van der Waals surface area contributed by atoms with Gasteiger partial charge in [0.25, 0.3) is 0 Å². The highest BCUT2D eigenvalue weighted by molar-refractivity contribution is 7.22. The Balaban J connectivity index is 0.00000200. The molecule has 0 amide bonds. The van der Waals surface area contributed by atoms with Crippen molar-refractivity contribution in [1.29, 1.82) is 0 Å². The maximum Gasteiger partial charge on any atom is 0.324 e. The lowest BCUT2D eigenvalue weighted by molar-refractivity contribution is -0.380. The van der Waals surface area contributed by atoms with Crippen molar-refractivity contribution in [3.63, 3.8) is 0 Å².